The minimum absolute atomic E-state index is 0.0978. The first-order valence-corrected chi connectivity index (χ1v) is 4.79. The van der Waals surface area contributed by atoms with Crippen molar-refractivity contribution in [2.24, 2.45) is 0 Å². The Bertz CT molecular complexity index is 321. The van der Waals surface area contributed by atoms with Gasteiger partial charge in [0.25, 0.3) is 5.56 Å². The van der Waals surface area contributed by atoms with E-state index >= 15 is 0 Å². The molecule has 0 saturated heterocycles. The number of aryl methyl sites for hydroxylation is 1. The number of anilines is 1. The van der Waals surface area contributed by atoms with Crippen LogP contribution in [-0.2, 0) is 4.79 Å². The molecule has 1 rings (SSSR count). The van der Waals surface area contributed by atoms with E-state index in [-0.39, 0.29) is 5.56 Å². The minimum Gasteiger partial charge on any atom is -0.359 e. The fourth-order valence-electron chi connectivity index (χ4n) is 0.585. The molecule has 5 nitrogen and oxygen atoms in total. The van der Waals surface area contributed by atoms with Crippen molar-refractivity contribution in [3.8, 4) is 0 Å². The number of nitrogens with one attached hydrogen (secondary N) is 2. The molecule has 0 fully saturated rings. The van der Waals surface area contributed by atoms with Crippen LogP contribution in [0.2, 0.25) is 0 Å². The SMILES string of the molecule is CC.CC=O.CNc1ncc(C)c(=O)[nH]1. The van der Waals surface area contributed by atoms with Crippen LogP contribution in [0.1, 0.15) is 26.3 Å². The molecule has 1 aromatic heterocycles. The molecule has 15 heavy (non-hydrogen) atoms. The number of carbonyl (C=O) groups is 1. The Labute approximate surface area is 89.9 Å². The van der Waals surface area contributed by atoms with E-state index in [0.29, 0.717) is 11.5 Å². The molecule has 0 amide bonds. The molecule has 0 aliphatic carbocycles. The van der Waals surface area contributed by atoms with Gasteiger partial charge in [-0.2, -0.15) is 0 Å². The maximum Gasteiger partial charge on any atom is 0.255 e. The Balaban J connectivity index is 0. The molecule has 1 heterocycles. The highest BCUT2D eigenvalue weighted by Gasteiger charge is 1.93. The summed E-state index contributed by atoms with van der Waals surface area (Å²) in [5.74, 6) is 0.496. The highest BCUT2D eigenvalue weighted by Crippen LogP contribution is 1.89. The van der Waals surface area contributed by atoms with Gasteiger partial charge < -0.3 is 10.1 Å². The van der Waals surface area contributed by atoms with E-state index in [9.17, 15) is 4.79 Å². The third-order valence-corrected chi connectivity index (χ3v) is 1.21. The smallest absolute Gasteiger partial charge is 0.255 e. The number of hydrogen-bond donors (Lipinski definition) is 2. The zero-order chi connectivity index (χ0) is 12.3. The van der Waals surface area contributed by atoms with Crippen LogP contribution in [0, 0.1) is 6.92 Å². The average Bonchev–Trinajstić information content (AvgIpc) is 2.26. The lowest BCUT2D eigenvalue weighted by atomic mass is 10.4. The summed E-state index contributed by atoms with van der Waals surface area (Å²) < 4.78 is 0. The second kappa shape index (κ2) is 10.4. The van der Waals surface area contributed by atoms with Crippen LogP contribution in [-0.4, -0.2) is 23.3 Å². The van der Waals surface area contributed by atoms with E-state index in [1.165, 1.54) is 13.1 Å². The first-order chi connectivity index (χ1) is 7.15. The van der Waals surface area contributed by atoms with Crippen LogP contribution in [0.4, 0.5) is 5.95 Å². The fraction of sp³-hybridized carbons (Fsp3) is 0.500. The summed E-state index contributed by atoms with van der Waals surface area (Å²) in [5.41, 5.74) is 0.526. The average molecular weight is 213 g/mol. The van der Waals surface area contributed by atoms with Gasteiger partial charge in [0, 0.05) is 18.8 Å². The molecule has 0 saturated carbocycles. The highest BCUT2D eigenvalue weighted by molar-refractivity contribution is 5.44. The van der Waals surface area contributed by atoms with Crippen LogP contribution >= 0.6 is 0 Å². The van der Waals surface area contributed by atoms with E-state index in [2.05, 4.69) is 15.3 Å². The van der Waals surface area contributed by atoms with Crippen molar-refractivity contribution in [3.05, 3.63) is 22.1 Å². The van der Waals surface area contributed by atoms with Crippen molar-refractivity contribution in [1.82, 2.24) is 9.97 Å². The molecule has 0 radical (unpaired) electrons. The van der Waals surface area contributed by atoms with Crippen molar-refractivity contribution >= 4 is 12.2 Å². The van der Waals surface area contributed by atoms with Gasteiger partial charge >= 0.3 is 0 Å². The maximum absolute atomic E-state index is 10.9. The first kappa shape index (κ1) is 15.8. The summed E-state index contributed by atoms with van der Waals surface area (Å²) in [6.07, 6.45) is 2.28. The van der Waals surface area contributed by atoms with Crippen LogP contribution in [0.25, 0.3) is 0 Å². The Morgan fingerprint density at radius 2 is 1.93 bits per heavy atom. The van der Waals surface area contributed by atoms with E-state index in [0.717, 1.165) is 6.29 Å². The molecule has 0 unspecified atom stereocenters. The predicted octanol–water partition coefficient (Wildman–Crippen LogP) is 1.35. The number of aromatic amines is 1. The number of nitrogens with zero attached hydrogens (tertiary/aromatic N) is 1. The maximum atomic E-state index is 10.9. The summed E-state index contributed by atoms with van der Waals surface area (Å²) in [6.45, 7) is 7.16. The van der Waals surface area contributed by atoms with E-state index < -0.39 is 0 Å². The highest BCUT2D eigenvalue weighted by atomic mass is 16.1. The zero-order valence-electron chi connectivity index (χ0n) is 9.92. The number of carbonyl (C=O) groups excluding carboxylic acids is 1. The Morgan fingerprint density at radius 3 is 2.27 bits per heavy atom. The second-order valence-corrected chi connectivity index (χ2v) is 2.23. The van der Waals surface area contributed by atoms with Gasteiger partial charge in [-0.05, 0) is 13.8 Å². The summed E-state index contributed by atoms with van der Waals surface area (Å²) in [6, 6.07) is 0. The number of rotatable bonds is 1. The van der Waals surface area contributed by atoms with Gasteiger partial charge in [-0.15, -0.1) is 0 Å². The normalized spacial score (nSPS) is 7.53. The molecule has 0 bridgehead atoms. The first-order valence-electron chi connectivity index (χ1n) is 4.79. The van der Waals surface area contributed by atoms with Gasteiger partial charge in [0.2, 0.25) is 5.95 Å². The van der Waals surface area contributed by atoms with Gasteiger partial charge in [-0.25, -0.2) is 4.98 Å². The lowest BCUT2D eigenvalue weighted by molar-refractivity contribution is -0.106. The van der Waals surface area contributed by atoms with Crippen LogP contribution in [0.3, 0.4) is 0 Å². The number of hydrogen-bond acceptors (Lipinski definition) is 4. The lowest BCUT2D eigenvalue weighted by Crippen LogP contribution is -2.12. The number of H-pyrrole nitrogens is 1. The molecule has 5 heteroatoms. The molecule has 2 N–H and O–H groups in total. The quantitative estimate of drug-likeness (QED) is 0.690. The van der Waals surface area contributed by atoms with Crippen molar-refractivity contribution < 1.29 is 4.79 Å². The van der Waals surface area contributed by atoms with Gasteiger partial charge in [0.1, 0.15) is 6.29 Å². The van der Waals surface area contributed by atoms with Crippen molar-refractivity contribution in [1.29, 1.82) is 0 Å². The molecular formula is C10H19N3O2. The third-order valence-electron chi connectivity index (χ3n) is 1.21. The monoisotopic (exact) mass is 213 g/mol. The topological polar surface area (TPSA) is 74.8 Å². The van der Waals surface area contributed by atoms with Crippen molar-refractivity contribution in [2.75, 3.05) is 12.4 Å². The molecule has 0 atom stereocenters. The van der Waals surface area contributed by atoms with Crippen LogP contribution in [0.15, 0.2) is 11.0 Å². The largest absolute Gasteiger partial charge is 0.359 e. The third kappa shape index (κ3) is 7.42. The van der Waals surface area contributed by atoms with E-state index in [1.807, 2.05) is 13.8 Å². The van der Waals surface area contributed by atoms with E-state index in [4.69, 9.17) is 4.79 Å². The summed E-state index contributed by atoms with van der Waals surface area (Å²) in [4.78, 5) is 26.1. The van der Waals surface area contributed by atoms with Gasteiger partial charge in [0.15, 0.2) is 0 Å². The lowest BCUT2D eigenvalue weighted by Gasteiger charge is -1.96. The number of aromatic nitrogens is 2. The van der Waals surface area contributed by atoms with Gasteiger partial charge in [-0.1, -0.05) is 13.8 Å². The molecule has 1 aromatic rings. The number of aldehydes is 1. The molecular weight excluding hydrogens is 194 g/mol. The van der Waals surface area contributed by atoms with Crippen LogP contribution in [0.5, 0.6) is 0 Å². The zero-order valence-corrected chi connectivity index (χ0v) is 9.92. The standard InChI is InChI=1S/C6H9N3O.C2H4O.C2H6/c1-4-3-8-6(7-2)9-5(4)10;1-2-3;1-2/h3H,1-2H3,(H2,7,8,9,10);2H,1H3;1-2H3. The molecule has 0 aromatic carbocycles. The van der Waals surface area contributed by atoms with Crippen LogP contribution < -0.4 is 10.9 Å². The Kier molecular flexibility index (Phi) is 11.0. The van der Waals surface area contributed by atoms with Crippen molar-refractivity contribution in [3.63, 3.8) is 0 Å². The fourth-order valence-corrected chi connectivity index (χ4v) is 0.585. The minimum atomic E-state index is -0.0978. The van der Waals surface area contributed by atoms with Crippen molar-refractivity contribution in [2.45, 2.75) is 27.7 Å². The molecule has 0 aliphatic rings. The Morgan fingerprint density at radius 1 is 1.47 bits per heavy atom. The molecule has 0 spiro atoms. The summed E-state index contributed by atoms with van der Waals surface area (Å²) in [5, 5.41) is 2.73. The second-order valence-electron chi connectivity index (χ2n) is 2.23. The Hall–Kier alpha value is -1.65. The predicted molar refractivity (Wildman–Crippen MR) is 62.2 cm³/mol. The van der Waals surface area contributed by atoms with Gasteiger partial charge in [-0.3, -0.25) is 9.78 Å². The van der Waals surface area contributed by atoms with E-state index in [1.54, 1.807) is 14.0 Å². The molecule has 0 aliphatic heterocycles. The summed E-state index contributed by atoms with van der Waals surface area (Å²) in [7, 11) is 1.70. The summed E-state index contributed by atoms with van der Waals surface area (Å²) >= 11 is 0. The molecule has 86 valence electrons. The van der Waals surface area contributed by atoms with Gasteiger partial charge in [0.05, 0.1) is 0 Å².